The molecule has 2 aliphatic rings. The van der Waals surface area contributed by atoms with Gasteiger partial charge in [0.1, 0.15) is 4.90 Å². The first-order valence-corrected chi connectivity index (χ1v) is 14.1. The number of fused-ring (bicyclic) bond motifs is 1. The SMILES string of the molecule is Cn1cc(S(=O)(=O)NCCc2ccc3c(c2)C(Cc2cccc(C(F)(F)F)c2)C(CN2CCC2)C3)cn1. The van der Waals surface area contributed by atoms with Gasteiger partial charge in [-0.3, -0.25) is 4.68 Å². The second-order valence-corrected chi connectivity index (χ2v) is 11.9. The summed E-state index contributed by atoms with van der Waals surface area (Å²) in [6.07, 6.45) is 1.56. The number of sulfonamides is 1. The van der Waals surface area contributed by atoms with E-state index in [1.165, 1.54) is 46.8 Å². The molecular formula is C27H31F3N4O2S. The van der Waals surface area contributed by atoms with Crippen molar-refractivity contribution in [3.63, 3.8) is 0 Å². The molecular weight excluding hydrogens is 501 g/mol. The third kappa shape index (κ3) is 5.91. The van der Waals surface area contributed by atoms with Crippen molar-refractivity contribution in [2.75, 3.05) is 26.2 Å². The number of halogens is 3. The zero-order valence-corrected chi connectivity index (χ0v) is 21.5. The minimum absolute atomic E-state index is 0.117. The van der Waals surface area contributed by atoms with Crippen LogP contribution in [0.25, 0.3) is 0 Å². The lowest BCUT2D eigenvalue weighted by atomic mass is 9.85. The fourth-order valence-corrected chi connectivity index (χ4v) is 6.47. The number of alkyl halides is 3. The number of aromatic nitrogens is 2. The molecule has 37 heavy (non-hydrogen) atoms. The van der Waals surface area contributed by atoms with Crippen LogP contribution in [0.15, 0.2) is 59.8 Å². The number of nitrogens with one attached hydrogen (secondary N) is 1. The van der Waals surface area contributed by atoms with Crippen LogP contribution in [0.2, 0.25) is 0 Å². The molecule has 0 amide bonds. The first-order chi connectivity index (χ1) is 17.6. The van der Waals surface area contributed by atoms with Gasteiger partial charge in [-0.2, -0.15) is 18.3 Å². The first-order valence-electron chi connectivity index (χ1n) is 12.6. The number of benzene rings is 2. The lowest BCUT2D eigenvalue weighted by Crippen LogP contribution is -2.41. The minimum atomic E-state index is -4.36. The highest BCUT2D eigenvalue weighted by Gasteiger charge is 2.36. The molecule has 10 heteroatoms. The van der Waals surface area contributed by atoms with Gasteiger partial charge in [-0.05, 0) is 78.9 Å². The molecule has 2 unspecified atom stereocenters. The Morgan fingerprint density at radius 2 is 1.92 bits per heavy atom. The maximum atomic E-state index is 13.3. The molecule has 2 aromatic carbocycles. The molecule has 1 N–H and O–H groups in total. The molecule has 198 valence electrons. The summed E-state index contributed by atoms with van der Waals surface area (Å²) in [7, 11) is -1.98. The summed E-state index contributed by atoms with van der Waals surface area (Å²) in [5.74, 6) is 0.454. The monoisotopic (exact) mass is 532 g/mol. The van der Waals surface area contributed by atoms with Gasteiger partial charge in [-0.1, -0.05) is 36.4 Å². The van der Waals surface area contributed by atoms with Gasteiger partial charge in [0.25, 0.3) is 0 Å². The van der Waals surface area contributed by atoms with Crippen molar-refractivity contribution in [3.8, 4) is 0 Å². The van der Waals surface area contributed by atoms with Crippen LogP contribution in [-0.2, 0) is 42.5 Å². The van der Waals surface area contributed by atoms with Crippen molar-refractivity contribution in [3.05, 3.63) is 82.7 Å². The van der Waals surface area contributed by atoms with Crippen LogP contribution in [0.1, 0.15) is 40.2 Å². The Morgan fingerprint density at radius 3 is 2.59 bits per heavy atom. The smallest absolute Gasteiger partial charge is 0.303 e. The number of hydrogen-bond acceptors (Lipinski definition) is 4. The summed E-state index contributed by atoms with van der Waals surface area (Å²) in [6.45, 7) is 3.33. The number of rotatable bonds is 9. The van der Waals surface area contributed by atoms with Gasteiger partial charge >= 0.3 is 6.18 Å². The average Bonchev–Trinajstić information content (AvgIpc) is 3.40. The van der Waals surface area contributed by atoms with Gasteiger partial charge < -0.3 is 4.90 Å². The normalized spacial score (nSPS) is 20.1. The third-order valence-corrected chi connectivity index (χ3v) is 8.93. The van der Waals surface area contributed by atoms with E-state index in [0.29, 0.717) is 24.3 Å². The maximum absolute atomic E-state index is 13.3. The Bertz CT molecular complexity index is 1370. The molecule has 3 aromatic rings. The van der Waals surface area contributed by atoms with Crippen LogP contribution < -0.4 is 4.72 Å². The summed E-state index contributed by atoms with van der Waals surface area (Å²) in [4.78, 5) is 2.54. The van der Waals surface area contributed by atoms with Gasteiger partial charge in [0, 0.05) is 26.3 Å². The lowest BCUT2D eigenvalue weighted by molar-refractivity contribution is -0.137. The van der Waals surface area contributed by atoms with Gasteiger partial charge in [0.15, 0.2) is 0 Å². The van der Waals surface area contributed by atoms with Crippen LogP contribution in [-0.4, -0.2) is 49.3 Å². The Kier molecular flexibility index (Phi) is 7.17. The highest BCUT2D eigenvalue weighted by Crippen LogP contribution is 2.42. The van der Waals surface area contributed by atoms with E-state index >= 15 is 0 Å². The van der Waals surface area contributed by atoms with Crippen molar-refractivity contribution >= 4 is 10.0 Å². The summed E-state index contributed by atoms with van der Waals surface area (Å²) in [5.41, 5.74) is 3.50. The molecule has 0 saturated carbocycles. The lowest BCUT2D eigenvalue weighted by Gasteiger charge is -2.35. The van der Waals surface area contributed by atoms with Crippen molar-refractivity contribution in [1.29, 1.82) is 0 Å². The Hall–Kier alpha value is -2.69. The van der Waals surface area contributed by atoms with E-state index in [0.717, 1.165) is 37.7 Å². The van der Waals surface area contributed by atoms with Gasteiger partial charge in [-0.15, -0.1) is 0 Å². The predicted octanol–water partition coefficient (Wildman–Crippen LogP) is 4.16. The molecule has 1 aromatic heterocycles. The fourth-order valence-electron chi connectivity index (χ4n) is 5.45. The fraction of sp³-hybridized carbons (Fsp3) is 0.444. The molecule has 0 spiro atoms. The van der Waals surface area contributed by atoms with Gasteiger partial charge in [0.05, 0.1) is 11.8 Å². The molecule has 1 saturated heterocycles. The molecule has 0 bridgehead atoms. The van der Waals surface area contributed by atoms with E-state index in [1.54, 1.807) is 13.1 Å². The van der Waals surface area contributed by atoms with Crippen molar-refractivity contribution in [1.82, 2.24) is 19.4 Å². The number of aryl methyl sites for hydroxylation is 1. The van der Waals surface area contributed by atoms with Crippen LogP contribution in [0, 0.1) is 5.92 Å². The number of hydrogen-bond donors (Lipinski definition) is 1. The first kappa shape index (κ1) is 25.9. The van der Waals surface area contributed by atoms with Crippen LogP contribution in [0.5, 0.6) is 0 Å². The molecule has 0 radical (unpaired) electrons. The minimum Gasteiger partial charge on any atom is -0.303 e. The Balaban J connectivity index is 1.33. The molecule has 1 fully saturated rings. The Labute approximate surface area is 215 Å². The van der Waals surface area contributed by atoms with E-state index < -0.39 is 21.8 Å². The maximum Gasteiger partial charge on any atom is 0.416 e. The number of nitrogens with zero attached hydrogens (tertiary/aromatic N) is 3. The highest BCUT2D eigenvalue weighted by atomic mass is 32.2. The summed E-state index contributed by atoms with van der Waals surface area (Å²) in [6, 6.07) is 11.9. The Morgan fingerprint density at radius 1 is 1.11 bits per heavy atom. The van der Waals surface area contributed by atoms with Crippen molar-refractivity contribution in [2.45, 2.75) is 42.7 Å². The van der Waals surface area contributed by atoms with Crippen LogP contribution in [0.4, 0.5) is 13.2 Å². The third-order valence-electron chi connectivity index (χ3n) is 7.51. The van der Waals surface area contributed by atoms with Gasteiger partial charge in [-0.25, -0.2) is 13.1 Å². The summed E-state index contributed by atoms with van der Waals surface area (Å²) in [5, 5.41) is 3.92. The molecule has 2 atom stereocenters. The largest absolute Gasteiger partial charge is 0.416 e. The van der Waals surface area contributed by atoms with Crippen molar-refractivity contribution in [2.24, 2.45) is 13.0 Å². The van der Waals surface area contributed by atoms with Crippen LogP contribution in [0.3, 0.4) is 0 Å². The molecule has 6 nitrogen and oxygen atoms in total. The van der Waals surface area contributed by atoms with Crippen LogP contribution >= 0.6 is 0 Å². The zero-order chi connectivity index (χ0) is 26.2. The predicted molar refractivity (Wildman–Crippen MR) is 135 cm³/mol. The van der Waals surface area contributed by atoms with E-state index in [2.05, 4.69) is 26.9 Å². The summed E-state index contributed by atoms with van der Waals surface area (Å²) < 4.78 is 69.1. The van der Waals surface area contributed by atoms with E-state index in [9.17, 15) is 21.6 Å². The topological polar surface area (TPSA) is 67.2 Å². The summed E-state index contributed by atoms with van der Waals surface area (Å²) >= 11 is 0. The second kappa shape index (κ2) is 10.2. The highest BCUT2D eigenvalue weighted by molar-refractivity contribution is 7.89. The quantitative estimate of drug-likeness (QED) is 0.450. The molecule has 1 aliphatic carbocycles. The van der Waals surface area contributed by atoms with E-state index in [-0.39, 0.29) is 17.4 Å². The van der Waals surface area contributed by atoms with E-state index in [1.807, 2.05) is 6.07 Å². The molecule has 5 rings (SSSR count). The zero-order valence-electron chi connectivity index (χ0n) is 20.7. The van der Waals surface area contributed by atoms with Gasteiger partial charge in [0.2, 0.25) is 10.0 Å². The number of likely N-dealkylation sites (tertiary alicyclic amines) is 1. The molecule has 2 heterocycles. The molecule has 1 aliphatic heterocycles. The van der Waals surface area contributed by atoms with Crippen molar-refractivity contribution < 1.29 is 21.6 Å². The van der Waals surface area contributed by atoms with E-state index in [4.69, 9.17) is 0 Å². The standard InChI is InChI=1S/C27H31F3N4O2S/c1-33-18-24(16-31-33)37(35,36)32-9-8-19-6-7-21-15-22(17-34-10-3-11-34)26(25(21)13-19)14-20-4-2-5-23(12-20)27(28,29)30/h2,4-7,12-13,16,18,22,26,32H,3,8-11,14-15,17H2,1H3. The second-order valence-electron chi connectivity index (χ2n) is 10.2. The average molecular weight is 533 g/mol.